The van der Waals surface area contributed by atoms with Crippen molar-refractivity contribution in [1.82, 2.24) is 14.7 Å². The summed E-state index contributed by atoms with van der Waals surface area (Å²) >= 11 is 0. The standard InChI is InChI=1S/C28H38N4O2.C2HF3O2/c1-21-18-25(9-10-27(21)32(15-3-4-22(32)2)26-11-12-29-19-26)30-28(33)24-7-5-23(6-8-24)20-31-13-16-34-17-14-31;3-2(4,5)1(6)7/h5-10,18,22,26,29H,3-4,11-17,19-20H2,1-2H3;(H,6,7)/p+1. The number of morpholine rings is 1. The number of benzene rings is 2. The number of carbonyl (C=O) groups excluding carboxylic acids is 1. The maximum absolute atomic E-state index is 12.9. The van der Waals surface area contributed by atoms with Crippen molar-refractivity contribution >= 4 is 23.3 Å². The van der Waals surface area contributed by atoms with E-state index in [1.165, 1.54) is 42.6 Å². The van der Waals surface area contributed by atoms with Gasteiger partial charge in [-0.1, -0.05) is 12.1 Å². The Balaban J connectivity index is 0.000000493. The minimum absolute atomic E-state index is 0.0523. The molecule has 3 saturated heterocycles. The topological polar surface area (TPSA) is 90.9 Å². The first kappa shape index (κ1) is 31.0. The number of alkyl halides is 3. The minimum Gasteiger partial charge on any atom is -0.475 e. The van der Waals surface area contributed by atoms with Crippen LogP contribution in [0.3, 0.4) is 0 Å². The summed E-state index contributed by atoms with van der Waals surface area (Å²) < 4.78 is 38.3. The zero-order valence-electron chi connectivity index (χ0n) is 23.7. The summed E-state index contributed by atoms with van der Waals surface area (Å²) in [5, 5.41) is 13.8. The molecule has 2 aromatic carbocycles. The number of anilines is 1. The average Bonchev–Trinajstić information content (AvgIpc) is 3.60. The number of nitrogens with zero attached hydrogens (tertiary/aromatic N) is 2. The molecule has 3 fully saturated rings. The molecule has 41 heavy (non-hydrogen) atoms. The lowest BCUT2D eigenvalue weighted by molar-refractivity contribution is -0.192. The number of nitrogens with one attached hydrogen (secondary N) is 2. The fourth-order valence-corrected chi connectivity index (χ4v) is 6.41. The van der Waals surface area contributed by atoms with Gasteiger partial charge in [-0.2, -0.15) is 13.2 Å². The molecule has 3 aliphatic heterocycles. The Kier molecular flexibility index (Phi) is 10.1. The summed E-state index contributed by atoms with van der Waals surface area (Å²) in [5.41, 5.74) is 5.51. The first-order chi connectivity index (χ1) is 19.5. The molecule has 0 radical (unpaired) electrons. The summed E-state index contributed by atoms with van der Waals surface area (Å²) in [4.78, 5) is 24.2. The van der Waals surface area contributed by atoms with E-state index in [1.807, 2.05) is 12.1 Å². The van der Waals surface area contributed by atoms with Gasteiger partial charge in [0, 0.05) is 74.9 Å². The lowest BCUT2D eigenvalue weighted by Crippen LogP contribution is -2.60. The molecule has 3 unspecified atom stereocenters. The summed E-state index contributed by atoms with van der Waals surface area (Å²) in [6.07, 6.45) is -1.27. The number of aryl methyl sites for hydroxylation is 1. The van der Waals surface area contributed by atoms with E-state index in [2.05, 4.69) is 59.7 Å². The highest BCUT2D eigenvalue weighted by Gasteiger charge is 2.48. The number of amides is 1. The number of carboxylic acids is 1. The van der Waals surface area contributed by atoms with Crippen LogP contribution in [0.5, 0.6) is 0 Å². The number of ether oxygens (including phenoxy) is 1. The van der Waals surface area contributed by atoms with E-state index in [4.69, 9.17) is 14.6 Å². The van der Waals surface area contributed by atoms with Gasteiger partial charge >= 0.3 is 12.1 Å². The minimum atomic E-state index is -5.08. The van der Waals surface area contributed by atoms with E-state index in [-0.39, 0.29) is 5.91 Å². The van der Waals surface area contributed by atoms with E-state index < -0.39 is 12.1 Å². The monoisotopic (exact) mass is 577 g/mol. The van der Waals surface area contributed by atoms with Crippen LogP contribution in [0.1, 0.15) is 47.7 Å². The lowest BCUT2D eigenvalue weighted by atomic mass is 10.0. The number of hydrogen-bond donors (Lipinski definition) is 3. The molecule has 11 heteroatoms. The van der Waals surface area contributed by atoms with Gasteiger partial charge in [-0.15, -0.1) is 0 Å². The first-order valence-corrected chi connectivity index (χ1v) is 14.2. The Hall–Kier alpha value is -2.99. The van der Waals surface area contributed by atoms with Gasteiger partial charge in [-0.25, -0.2) is 4.79 Å². The molecule has 0 spiro atoms. The van der Waals surface area contributed by atoms with Crippen LogP contribution >= 0.6 is 0 Å². The number of quaternary nitrogens is 1. The van der Waals surface area contributed by atoms with Crippen molar-refractivity contribution in [3.8, 4) is 0 Å². The molecule has 3 aliphatic rings. The zero-order valence-corrected chi connectivity index (χ0v) is 23.7. The Labute approximate surface area is 239 Å². The maximum atomic E-state index is 12.9. The number of hydrogen-bond acceptors (Lipinski definition) is 5. The number of rotatable bonds is 6. The number of carbonyl (C=O) groups is 2. The number of likely N-dealkylation sites (tertiary alicyclic amines) is 1. The van der Waals surface area contributed by atoms with Gasteiger partial charge in [0.1, 0.15) is 11.7 Å². The second-order valence-corrected chi connectivity index (χ2v) is 11.1. The van der Waals surface area contributed by atoms with Gasteiger partial charge in [0.25, 0.3) is 5.91 Å². The van der Waals surface area contributed by atoms with Gasteiger partial charge in [0.05, 0.1) is 25.8 Å². The third kappa shape index (κ3) is 7.45. The van der Waals surface area contributed by atoms with Gasteiger partial charge in [-0.3, -0.25) is 14.2 Å². The van der Waals surface area contributed by atoms with Crippen molar-refractivity contribution in [1.29, 1.82) is 0 Å². The van der Waals surface area contributed by atoms with Crippen molar-refractivity contribution in [3.63, 3.8) is 0 Å². The number of aliphatic carboxylic acids is 1. The average molecular weight is 578 g/mol. The molecule has 0 aliphatic carbocycles. The molecule has 3 N–H and O–H groups in total. The Morgan fingerprint density at radius 1 is 1.12 bits per heavy atom. The summed E-state index contributed by atoms with van der Waals surface area (Å²) in [6.45, 7) is 12.5. The molecular formula is C30H40F3N4O4+. The summed E-state index contributed by atoms with van der Waals surface area (Å²) in [5.74, 6) is -2.81. The van der Waals surface area contributed by atoms with Gasteiger partial charge in [0.15, 0.2) is 0 Å². The summed E-state index contributed by atoms with van der Waals surface area (Å²) in [6, 6.07) is 15.8. The fourth-order valence-electron chi connectivity index (χ4n) is 6.41. The highest BCUT2D eigenvalue weighted by atomic mass is 19.4. The molecule has 0 aromatic heterocycles. The van der Waals surface area contributed by atoms with Gasteiger partial charge in [0.2, 0.25) is 0 Å². The largest absolute Gasteiger partial charge is 0.490 e. The SMILES string of the molecule is Cc1cc(NC(=O)c2ccc(CN3CCOCC3)cc2)ccc1[N+]1(C2CCNC2)CCCC1C.O=C(O)C(F)(F)F. The van der Waals surface area contributed by atoms with Crippen LogP contribution < -0.4 is 15.1 Å². The molecular weight excluding hydrogens is 537 g/mol. The van der Waals surface area contributed by atoms with Crippen LogP contribution in [-0.4, -0.2) is 86.1 Å². The molecule has 1 amide bonds. The molecule has 2 aromatic rings. The van der Waals surface area contributed by atoms with Crippen molar-refractivity contribution in [2.75, 3.05) is 51.3 Å². The first-order valence-electron chi connectivity index (χ1n) is 14.2. The molecule has 3 atom stereocenters. The smallest absolute Gasteiger partial charge is 0.475 e. The maximum Gasteiger partial charge on any atom is 0.490 e. The second-order valence-electron chi connectivity index (χ2n) is 11.1. The van der Waals surface area contributed by atoms with Crippen LogP contribution in [0, 0.1) is 6.92 Å². The highest BCUT2D eigenvalue weighted by molar-refractivity contribution is 6.04. The quantitative estimate of drug-likeness (QED) is 0.436. The Morgan fingerprint density at radius 3 is 2.34 bits per heavy atom. The predicted molar refractivity (Wildman–Crippen MR) is 152 cm³/mol. The van der Waals surface area contributed by atoms with Gasteiger partial charge < -0.3 is 20.5 Å². The van der Waals surface area contributed by atoms with Crippen LogP contribution in [0.2, 0.25) is 0 Å². The summed E-state index contributed by atoms with van der Waals surface area (Å²) in [7, 11) is 0. The van der Waals surface area contributed by atoms with E-state index in [0.717, 1.165) is 56.1 Å². The van der Waals surface area contributed by atoms with Crippen LogP contribution in [0.4, 0.5) is 24.5 Å². The highest BCUT2D eigenvalue weighted by Crippen LogP contribution is 2.41. The third-order valence-corrected chi connectivity index (χ3v) is 8.49. The molecule has 3 heterocycles. The van der Waals surface area contributed by atoms with Crippen molar-refractivity contribution in [2.45, 2.75) is 57.9 Å². The third-order valence-electron chi connectivity index (χ3n) is 8.49. The van der Waals surface area contributed by atoms with E-state index >= 15 is 0 Å². The normalized spacial score (nSPS) is 24.9. The van der Waals surface area contributed by atoms with E-state index in [0.29, 0.717) is 17.6 Å². The second kappa shape index (κ2) is 13.3. The zero-order chi connectivity index (χ0) is 29.6. The molecule has 0 bridgehead atoms. The van der Waals surface area contributed by atoms with Crippen LogP contribution in [-0.2, 0) is 16.1 Å². The Bertz CT molecular complexity index is 1200. The van der Waals surface area contributed by atoms with Gasteiger partial charge in [-0.05, 0) is 43.7 Å². The Morgan fingerprint density at radius 2 is 1.80 bits per heavy atom. The van der Waals surface area contributed by atoms with E-state index in [9.17, 15) is 18.0 Å². The lowest BCUT2D eigenvalue weighted by Gasteiger charge is -2.44. The van der Waals surface area contributed by atoms with Crippen molar-refractivity contribution in [2.24, 2.45) is 0 Å². The number of halogens is 3. The van der Waals surface area contributed by atoms with Crippen LogP contribution in [0.15, 0.2) is 42.5 Å². The van der Waals surface area contributed by atoms with Crippen molar-refractivity contribution < 1.29 is 32.6 Å². The molecule has 5 rings (SSSR count). The van der Waals surface area contributed by atoms with Crippen LogP contribution in [0.25, 0.3) is 0 Å². The molecule has 224 valence electrons. The number of carboxylic acid groups (broad SMARTS) is 1. The molecule has 8 nitrogen and oxygen atoms in total. The molecule has 0 saturated carbocycles. The van der Waals surface area contributed by atoms with Crippen molar-refractivity contribution in [3.05, 3.63) is 59.2 Å². The fraction of sp³-hybridized carbons (Fsp3) is 0.533. The van der Waals surface area contributed by atoms with E-state index in [1.54, 1.807) is 0 Å². The predicted octanol–water partition coefficient (Wildman–Crippen LogP) is 4.56.